The summed E-state index contributed by atoms with van der Waals surface area (Å²) in [5.41, 5.74) is -4.30. The van der Waals surface area contributed by atoms with Crippen molar-refractivity contribution in [1.82, 2.24) is 10.3 Å². The zero-order valence-electron chi connectivity index (χ0n) is 19.7. The minimum Gasteiger partial charge on any atom is -0.399 e. The highest BCUT2D eigenvalue weighted by molar-refractivity contribution is 6.69. The molecule has 2 aliphatic heterocycles. The van der Waals surface area contributed by atoms with E-state index in [1.165, 1.54) is 6.92 Å². The smallest absolute Gasteiger partial charge is 0.399 e. The molecule has 0 N–H and O–H groups in total. The molecule has 2 aliphatic rings. The van der Waals surface area contributed by atoms with Gasteiger partial charge < -0.3 is 18.6 Å². The number of nitrogens with zero attached hydrogens (tertiary/aromatic N) is 2. The summed E-state index contributed by atoms with van der Waals surface area (Å²) in [7, 11) is -2.39. The van der Waals surface area contributed by atoms with Crippen LogP contribution in [0.3, 0.4) is 0 Å². The van der Waals surface area contributed by atoms with E-state index in [9.17, 15) is 13.2 Å². The van der Waals surface area contributed by atoms with Crippen molar-refractivity contribution >= 4 is 36.2 Å². The molecule has 7 nitrogen and oxygen atoms in total. The Hall–Kier alpha value is -1.62. The van der Waals surface area contributed by atoms with Gasteiger partial charge in [0.15, 0.2) is 0 Å². The highest BCUT2D eigenvalue weighted by Crippen LogP contribution is 2.41. The number of hydrogen-bond acceptors (Lipinski definition) is 7. The van der Waals surface area contributed by atoms with Gasteiger partial charge >= 0.3 is 20.4 Å². The Kier molecular flexibility index (Phi) is 4.94. The molecule has 0 atom stereocenters. The average Bonchev–Trinajstić information content (AvgIpc) is 3.19. The number of hydrogen-bond donors (Lipinski definition) is 0. The fourth-order valence-corrected chi connectivity index (χ4v) is 3.98. The highest BCUT2D eigenvalue weighted by Gasteiger charge is 2.57. The molecule has 1 aromatic heterocycles. The minimum absolute atomic E-state index is 0.0915. The molecule has 4 rings (SSSR count). The first-order valence-corrected chi connectivity index (χ1v) is 10.5. The van der Waals surface area contributed by atoms with Gasteiger partial charge in [-0.1, -0.05) is 10.3 Å². The molecule has 0 spiro atoms. The van der Waals surface area contributed by atoms with E-state index < -0.39 is 48.4 Å². The molecular formula is C20H27B2F3N2O5. The van der Waals surface area contributed by atoms with Crippen molar-refractivity contribution in [3.8, 4) is 0 Å². The lowest BCUT2D eigenvalue weighted by molar-refractivity contribution is -0.137. The van der Waals surface area contributed by atoms with Crippen molar-refractivity contribution in [2.45, 2.75) is 90.9 Å². The largest absolute Gasteiger partial charge is 0.497 e. The number of benzene rings is 1. The van der Waals surface area contributed by atoms with Gasteiger partial charge in [0.2, 0.25) is 0 Å². The Morgan fingerprint density at radius 3 is 1.38 bits per heavy atom. The van der Waals surface area contributed by atoms with E-state index in [4.69, 9.17) is 23.2 Å². The molecule has 0 radical (unpaired) electrons. The summed E-state index contributed by atoms with van der Waals surface area (Å²) in [6.45, 7) is 15.7. The van der Waals surface area contributed by atoms with Crippen LogP contribution >= 0.6 is 0 Å². The normalized spacial score (nSPS) is 24.0. The molecule has 0 saturated carbocycles. The summed E-state index contributed by atoms with van der Waals surface area (Å²) in [6, 6.07) is 0. The first-order valence-electron chi connectivity index (χ1n) is 10.5. The predicted molar refractivity (Wildman–Crippen MR) is 113 cm³/mol. The van der Waals surface area contributed by atoms with Crippen LogP contribution in [0.25, 0.3) is 11.0 Å². The molecule has 3 heterocycles. The van der Waals surface area contributed by atoms with Gasteiger partial charge in [-0.3, -0.25) is 0 Å². The molecule has 1 aromatic carbocycles. The summed E-state index contributed by atoms with van der Waals surface area (Å²) < 4.78 is 72.4. The molecule has 2 saturated heterocycles. The van der Waals surface area contributed by atoms with Crippen molar-refractivity contribution in [3.63, 3.8) is 0 Å². The average molecular weight is 454 g/mol. The Labute approximate surface area is 185 Å². The number of rotatable bonds is 2. The summed E-state index contributed by atoms with van der Waals surface area (Å²) in [5, 5.41) is 7.74. The second-order valence-electron chi connectivity index (χ2n) is 10.5. The van der Waals surface area contributed by atoms with E-state index in [0.29, 0.717) is 0 Å². The van der Waals surface area contributed by atoms with Crippen LogP contribution in [-0.4, -0.2) is 47.0 Å². The zero-order valence-corrected chi connectivity index (χ0v) is 19.7. The van der Waals surface area contributed by atoms with E-state index in [0.717, 1.165) is 0 Å². The van der Waals surface area contributed by atoms with Gasteiger partial charge in [0.1, 0.15) is 11.0 Å². The molecule has 2 aromatic rings. The number of alkyl halides is 3. The number of fused-ring (bicyclic) bond motifs is 1. The zero-order chi connectivity index (χ0) is 24.1. The van der Waals surface area contributed by atoms with Gasteiger partial charge in [-0.15, -0.1) is 0 Å². The van der Waals surface area contributed by atoms with Crippen LogP contribution in [0, 0.1) is 6.92 Å². The van der Waals surface area contributed by atoms with Crippen LogP contribution < -0.4 is 10.9 Å². The van der Waals surface area contributed by atoms with Crippen molar-refractivity contribution in [3.05, 3.63) is 11.1 Å². The van der Waals surface area contributed by atoms with Crippen molar-refractivity contribution < 1.29 is 36.4 Å². The molecule has 0 unspecified atom stereocenters. The summed E-state index contributed by atoms with van der Waals surface area (Å²) in [5.74, 6) is 0. The van der Waals surface area contributed by atoms with Gasteiger partial charge in [-0.25, -0.2) is 4.63 Å². The molecule has 0 bridgehead atoms. The van der Waals surface area contributed by atoms with Crippen LogP contribution in [0.1, 0.15) is 66.5 Å². The predicted octanol–water partition coefficient (Wildman–Crippen LogP) is 3.15. The topological polar surface area (TPSA) is 75.8 Å². The first-order chi connectivity index (χ1) is 14.4. The van der Waals surface area contributed by atoms with Gasteiger partial charge in [0.05, 0.1) is 28.0 Å². The van der Waals surface area contributed by atoms with E-state index in [1.54, 1.807) is 27.7 Å². The minimum atomic E-state index is -4.73. The lowest BCUT2D eigenvalue weighted by atomic mass is 9.67. The molecule has 2 fully saturated rings. The van der Waals surface area contributed by atoms with Gasteiger partial charge in [-0.2, -0.15) is 13.2 Å². The maximum absolute atomic E-state index is 14.5. The van der Waals surface area contributed by atoms with Crippen molar-refractivity contribution in [2.75, 3.05) is 0 Å². The van der Waals surface area contributed by atoms with Crippen LogP contribution in [0.15, 0.2) is 4.63 Å². The third-order valence-electron chi connectivity index (χ3n) is 7.31. The highest BCUT2D eigenvalue weighted by atomic mass is 19.4. The van der Waals surface area contributed by atoms with E-state index >= 15 is 0 Å². The second kappa shape index (κ2) is 6.71. The third kappa shape index (κ3) is 3.29. The SMILES string of the molecule is Cc1c(C(F)(F)F)c(B2OC(C)(C)C(C)(C)O2)c2nonc2c1B1OC(C)(C)C(C)(C)O1. The summed E-state index contributed by atoms with van der Waals surface area (Å²) in [6.07, 6.45) is -4.73. The van der Waals surface area contributed by atoms with E-state index in [-0.39, 0.29) is 27.5 Å². The van der Waals surface area contributed by atoms with Crippen molar-refractivity contribution in [2.24, 2.45) is 0 Å². The molecule has 32 heavy (non-hydrogen) atoms. The van der Waals surface area contributed by atoms with E-state index in [1.807, 2.05) is 27.7 Å². The molecule has 174 valence electrons. The molecule has 0 amide bonds. The fourth-order valence-electron chi connectivity index (χ4n) is 3.98. The lowest BCUT2D eigenvalue weighted by Crippen LogP contribution is -2.45. The third-order valence-corrected chi connectivity index (χ3v) is 7.31. The van der Waals surface area contributed by atoms with Gasteiger partial charge in [-0.05, 0) is 67.9 Å². The fraction of sp³-hybridized carbons (Fsp3) is 0.700. The Morgan fingerprint density at radius 1 is 0.656 bits per heavy atom. The quantitative estimate of drug-likeness (QED) is 0.646. The Balaban J connectivity index is 1.97. The van der Waals surface area contributed by atoms with Crippen molar-refractivity contribution in [1.29, 1.82) is 0 Å². The maximum atomic E-state index is 14.5. The monoisotopic (exact) mass is 454 g/mol. The lowest BCUT2D eigenvalue weighted by Gasteiger charge is -2.32. The summed E-state index contributed by atoms with van der Waals surface area (Å²) in [4.78, 5) is 0. The van der Waals surface area contributed by atoms with Crippen LogP contribution in [0.2, 0.25) is 0 Å². The maximum Gasteiger partial charge on any atom is 0.497 e. The number of aromatic nitrogens is 2. The molecule has 12 heteroatoms. The number of halogens is 3. The van der Waals surface area contributed by atoms with E-state index in [2.05, 4.69) is 10.3 Å². The molecule has 0 aliphatic carbocycles. The standard InChI is InChI=1S/C20H27B2F3N2O5/c1-10-11(20(23,24)25)13(22-30-18(6,7)19(8,9)31-22)15-14(26-32-27-15)12(10)21-28-16(2,3)17(4,5)29-21/h1-9H3. The Bertz CT molecular complexity index is 1050. The molecular weight excluding hydrogens is 427 g/mol. The first kappa shape index (κ1) is 23.5. The van der Waals surface area contributed by atoms with Gasteiger partial charge in [0.25, 0.3) is 0 Å². The Morgan fingerprint density at radius 2 is 1.00 bits per heavy atom. The second-order valence-corrected chi connectivity index (χ2v) is 10.5. The summed E-state index contributed by atoms with van der Waals surface area (Å²) >= 11 is 0. The van der Waals surface area contributed by atoms with Gasteiger partial charge in [0, 0.05) is 10.9 Å². The van der Waals surface area contributed by atoms with Crippen LogP contribution in [0.5, 0.6) is 0 Å². The van der Waals surface area contributed by atoms with Crippen LogP contribution in [0.4, 0.5) is 13.2 Å². The van der Waals surface area contributed by atoms with Crippen LogP contribution in [-0.2, 0) is 24.8 Å².